The first-order valence-electron chi connectivity index (χ1n) is 7.79. The summed E-state index contributed by atoms with van der Waals surface area (Å²) in [6, 6.07) is 0.491. The minimum atomic E-state index is 0.204. The number of carbonyl (C=O) groups is 1. The summed E-state index contributed by atoms with van der Waals surface area (Å²) in [6.45, 7) is 3.56. The lowest BCUT2D eigenvalue weighted by molar-refractivity contribution is -0.121. The molecule has 2 N–H and O–H groups in total. The maximum atomic E-state index is 11.9. The Hall–Kier alpha value is -0.570. The monoisotopic (exact) mass is 250 g/mol. The van der Waals surface area contributed by atoms with Crippen LogP contribution < -0.4 is 10.6 Å². The van der Waals surface area contributed by atoms with Crippen molar-refractivity contribution >= 4 is 5.91 Å². The lowest BCUT2D eigenvalue weighted by atomic mass is 9.79. The Kier molecular flexibility index (Phi) is 3.60. The molecule has 5 atom stereocenters. The van der Waals surface area contributed by atoms with Gasteiger partial charge in [-0.3, -0.25) is 4.79 Å². The number of rotatable bonds is 5. The van der Waals surface area contributed by atoms with E-state index in [1.807, 2.05) is 0 Å². The predicted octanol–water partition coefficient (Wildman–Crippen LogP) is 1.93. The van der Waals surface area contributed by atoms with Crippen molar-refractivity contribution in [2.75, 3.05) is 13.1 Å². The number of fused-ring (bicyclic) bond motifs is 5. The van der Waals surface area contributed by atoms with Crippen molar-refractivity contribution in [3.8, 4) is 0 Å². The fourth-order valence-electron chi connectivity index (χ4n) is 4.87. The van der Waals surface area contributed by atoms with E-state index in [9.17, 15) is 4.79 Å². The number of hydrogen-bond acceptors (Lipinski definition) is 2. The minimum absolute atomic E-state index is 0.204. The molecule has 18 heavy (non-hydrogen) atoms. The average molecular weight is 250 g/mol. The largest absolute Gasteiger partial charge is 0.352 e. The summed E-state index contributed by atoms with van der Waals surface area (Å²) < 4.78 is 0. The van der Waals surface area contributed by atoms with Gasteiger partial charge in [0.05, 0.1) is 6.54 Å². The van der Waals surface area contributed by atoms with Crippen LogP contribution in [0, 0.1) is 23.7 Å². The number of carbonyl (C=O) groups excluding carboxylic acids is 1. The van der Waals surface area contributed by atoms with Gasteiger partial charge in [-0.2, -0.15) is 0 Å². The average Bonchev–Trinajstić information content (AvgIpc) is 3.00. The molecule has 102 valence electrons. The molecule has 0 spiro atoms. The molecular formula is C15H26N2O. The van der Waals surface area contributed by atoms with Gasteiger partial charge in [-0.05, 0) is 62.3 Å². The summed E-state index contributed by atoms with van der Waals surface area (Å²) in [5.74, 6) is 3.89. The zero-order valence-electron chi connectivity index (χ0n) is 11.5. The van der Waals surface area contributed by atoms with Crippen molar-refractivity contribution < 1.29 is 4.79 Å². The molecule has 0 aromatic heterocycles. The molecule has 0 aliphatic heterocycles. The second kappa shape index (κ2) is 5.20. The smallest absolute Gasteiger partial charge is 0.234 e. The summed E-state index contributed by atoms with van der Waals surface area (Å²) in [5, 5.41) is 6.47. The van der Waals surface area contributed by atoms with Crippen molar-refractivity contribution in [3.63, 3.8) is 0 Å². The van der Waals surface area contributed by atoms with E-state index in [1.165, 1.54) is 32.1 Å². The number of hydrogen-bond donors (Lipinski definition) is 2. The quantitative estimate of drug-likeness (QED) is 0.732. The Balaban J connectivity index is 1.49. The number of amides is 1. The maximum absolute atomic E-state index is 11.9. The van der Waals surface area contributed by atoms with E-state index < -0.39 is 0 Å². The molecule has 0 aromatic carbocycles. The van der Waals surface area contributed by atoms with Crippen LogP contribution in [-0.4, -0.2) is 25.0 Å². The summed E-state index contributed by atoms with van der Waals surface area (Å²) in [7, 11) is 0. The predicted molar refractivity (Wildman–Crippen MR) is 72.1 cm³/mol. The van der Waals surface area contributed by atoms with Gasteiger partial charge in [0.15, 0.2) is 0 Å². The zero-order valence-corrected chi connectivity index (χ0v) is 11.5. The topological polar surface area (TPSA) is 41.1 Å². The molecule has 3 rings (SSSR count). The fourth-order valence-corrected chi connectivity index (χ4v) is 4.87. The van der Waals surface area contributed by atoms with Gasteiger partial charge in [0, 0.05) is 6.04 Å². The third-order valence-electron chi connectivity index (χ3n) is 5.49. The minimum Gasteiger partial charge on any atom is -0.352 e. The van der Waals surface area contributed by atoms with Gasteiger partial charge in [0.1, 0.15) is 0 Å². The molecular weight excluding hydrogens is 224 g/mol. The van der Waals surface area contributed by atoms with Crippen LogP contribution in [0.4, 0.5) is 0 Å². The highest BCUT2D eigenvalue weighted by atomic mass is 16.2. The highest BCUT2D eigenvalue weighted by Gasteiger charge is 2.53. The third kappa shape index (κ3) is 2.18. The van der Waals surface area contributed by atoms with E-state index in [4.69, 9.17) is 0 Å². The molecule has 0 saturated heterocycles. The highest BCUT2D eigenvalue weighted by molar-refractivity contribution is 5.78. The van der Waals surface area contributed by atoms with Crippen LogP contribution >= 0.6 is 0 Å². The van der Waals surface area contributed by atoms with Crippen molar-refractivity contribution in [2.45, 2.75) is 51.5 Å². The Morgan fingerprint density at radius 3 is 2.83 bits per heavy atom. The van der Waals surface area contributed by atoms with Crippen LogP contribution in [0.2, 0.25) is 0 Å². The van der Waals surface area contributed by atoms with Gasteiger partial charge < -0.3 is 10.6 Å². The van der Waals surface area contributed by atoms with Crippen molar-refractivity contribution in [3.05, 3.63) is 0 Å². The van der Waals surface area contributed by atoms with Gasteiger partial charge in [0.25, 0.3) is 0 Å². The Labute approximate surface area is 110 Å². The summed E-state index contributed by atoms with van der Waals surface area (Å²) in [5.41, 5.74) is 0. The first kappa shape index (κ1) is 12.5. The molecule has 5 unspecified atom stereocenters. The molecule has 3 nitrogen and oxygen atoms in total. The Morgan fingerprint density at radius 2 is 2.00 bits per heavy atom. The van der Waals surface area contributed by atoms with Crippen LogP contribution in [0.15, 0.2) is 0 Å². The van der Waals surface area contributed by atoms with E-state index in [0.29, 0.717) is 12.6 Å². The first-order valence-corrected chi connectivity index (χ1v) is 7.79. The van der Waals surface area contributed by atoms with E-state index >= 15 is 0 Å². The summed E-state index contributed by atoms with van der Waals surface area (Å²) >= 11 is 0. The molecule has 0 radical (unpaired) electrons. The number of nitrogens with one attached hydrogen (secondary N) is 2. The van der Waals surface area contributed by atoms with Crippen molar-refractivity contribution in [1.82, 2.24) is 10.6 Å². The van der Waals surface area contributed by atoms with Gasteiger partial charge in [-0.1, -0.05) is 13.3 Å². The maximum Gasteiger partial charge on any atom is 0.234 e. The molecule has 3 aliphatic carbocycles. The van der Waals surface area contributed by atoms with Gasteiger partial charge >= 0.3 is 0 Å². The first-order chi connectivity index (χ1) is 8.79. The lowest BCUT2D eigenvalue weighted by Gasteiger charge is -2.32. The second-order valence-corrected chi connectivity index (χ2v) is 6.50. The van der Waals surface area contributed by atoms with Crippen molar-refractivity contribution in [1.29, 1.82) is 0 Å². The highest BCUT2D eigenvalue weighted by Crippen LogP contribution is 2.58. The molecule has 2 bridgehead atoms. The summed E-state index contributed by atoms with van der Waals surface area (Å²) in [4.78, 5) is 11.9. The van der Waals surface area contributed by atoms with Crippen LogP contribution in [0.3, 0.4) is 0 Å². The molecule has 3 heteroatoms. The van der Waals surface area contributed by atoms with Crippen LogP contribution in [0.1, 0.15) is 45.4 Å². The lowest BCUT2D eigenvalue weighted by Crippen LogP contribution is -2.45. The van der Waals surface area contributed by atoms with Crippen LogP contribution in [0.5, 0.6) is 0 Å². The molecule has 0 aromatic rings. The summed E-state index contributed by atoms with van der Waals surface area (Å²) in [6.07, 6.45) is 8.05. The normalized spacial score (nSPS) is 41.1. The molecule has 3 saturated carbocycles. The van der Waals surface area contributed by atoms with E-state index in [0.717, 1.165) is 36.6 Å². The van der Waals surface area contributed by atoms with Crippen LogP contribution in [0.25, 0.3) is 0 Å². The van der Waals surface area contributed by atoms with Gasteiger partial charge in [-0.25, -0.2) is 0 Å². The van der Waals surface area contributed by atoms with E-state index in [-0.39, 0.29) is 5.91 Å². The molecule has 3 fully saturated rings. The molecule has 0 heterocycles. The van der Waals surface area contributed by atoms with Gasteiger partial charge in [0.2, 0.25) is 5.91 Å². The Morgan fingerprint density at radius 1 is 1.17 bits per heavy atom. The molecule has 1 amide bonds. The second-order valence-electron chi connectivity index (χ2n) is 6.50. The van der Waals surface area contributed by atoms with Crippen LogP contribution in [-0.2, 0) is 4.79 Å². The van der Waals surface area contributed by atoms with Crippen molar-refractivity contribution in [2.24, 2.45) is 23.7 Å². The fraction of sp³-hybridized carbons (Fsp3) is 0.933. The van der Waals surface area contributed by atoms with E-state index in [2.05, 4.69) is 17.6 Å². The van der Waals surface area contributed by atoms with Gasteiger partial charge in [-0.15, -0.1) is 0 Å². The molecule has 3 aliphatic rings. The zero-order chi connectivity index (χ0) is 12.5. The Bertz CT molecular complexity index is 318. The van der Waals surface area contributed by atoms with E-state index in [1.54, 1.807) is 0 Å². The SMILES string of the molecule is CCCNCC(=O)NC1CC2CC1C1CCCC21. The standard InChI is InChI=1S/C15H26N2O/c1-2-6-16-9-15(18)17-14-8-10-7-13(14)12-5-3-4-11(10)12/h10-14,16H,2-9H2,1H3,(H,17,18). The third-order valence-corrected chi connectivity index (χ3v) is 5.49.